The van der Waals surface area contributed by atoms with Gasteiger partial charge in [-0.15, -0.1) is 0 Å². The van der Waals surface area contributed by atoms with Crippen LogP contribution in [0.3, 0.4) is 0 Å². The molecule has 0 radical (unpaired) electrons. The second-order valence-corrected chi connectivity index (χ2v) is 5.49. The smallest absolute Gasteiger partial charge is 0.239 e. The fourth-order valence-electron chi connectivity index (χ4n) is 2.09. The van der Waals surface area contributed by atoms with E-state index in [1.54, 1.807) is 0 Å². The molecule has 1 aliphatic heterocycles. The maximum absolute atomic E-state index is 12.1. The predicted molar refractivity (Wildman–Crippen MR) is 71.0 cm³/mol. The average Bonchev–Trinajstić information content (AvgIpc) is 2.28. The van der Waals surface area contributed by atoms with Gasteiger partial charge in [0, 0.05) is 26.2 Å². The summed E-state index contributed by atoms with van der Waals surface area (Å²) >= 11 is 0. The summed E-state index contributed by atoms with van der Waals surface area (Å²) < 4.78 is 0. The SMILES string of the molecule is CC1CCN(C(=O)[C@@H](C)NCCN(C)C)CC1. The third-order valence-electron chi connectivity index (χ3n) is 3.48. The summed E-state index contributed by atoms with van der Waals surface area (Å²) in [6, 6.07) is -0.0524. The number of piperidine rings is 1. The summed E-state index contributed by atoms with van der Waals surface area (Å²) in [6.45, 7) is 7.93. The zero-order valence-corrected chi connectivity index (χ0v) is 11.7. The van der Waals surface area contributed by atoms with Gasteiger partial charge in [0.25, 0.3) is 0 Å². The molecule has 0 aromatic rings. The lowest BCUT2D eigenvalue weighted by atomic mass is 9.99. The number of carbonyl (C=O) groups is 1. The maximum Gasteiger partial charge on any atom is 0.239 e. The van der Waals surface area contributed by atoms with Crippen molar-refractivity contribution in [2.45, 2.75) is 32.7 Å². The standard InChI is InChI=1S/C13H27N3O/c1-11-5-8-16(9-6-11)13(17)12(2)14-7-10-15(3)4/h11-12,14H,5-10H2,1-4H3/t12-/m1/s1. The van der Waals surface area contributed by atoms with E-state index in [4.69, 9.17) is 0 Å². The Hall–Kier alpha value is -0.610. The zero-order chi connectivity index (χ0) is 12.8. The third kappa shape index (κ3) is 5.04. The molecule has 1 amide bonds. The lowest BCUT2D eigenvalue weighted by Gasteiger charge is -2.32. The largest absolute Gasteiger partial charge is 0.341 e. The first kappa shape index (κ1) is 14.5. The second-order valence-electron chi connectivity index (χ2n) is 5.49. The average molecular weight is 241 g/mol. The highest BCUT2D eigenvalue weighted by molar-refractivity contribution is 5.81. The Morgan fingerprint density at radius 1 is 1.41 bits per heavy atom. The summed E-state index contributed by atoms with van der Waals surface area (Å²) in [5.41, 5.74) is 0. The monoisotopic (exact) mass is 241 g/mol. The lowest BCUT2D eigenvalue weighted by Crippen LogP contribution is -2.48. The lowest BCUT2D eigenvalue weighted by molar-refractivity contribution is -0.134. The molecule has 1 rings (SSSR count). The Morgan fingerprint density at radius 2 is 2.00 bits per heavy atom. The number of carbonyl (C=O) groups excluding carboxylic acids is 1. The van der Waals surface area contributed by atoms with Gasteiger partial charge in [0.15, 0.2) is 0 Å². The highest BCUT2D eigenvalue weighted by Crippen LogP contribution is 2.16. The van der Waals surface area contributed by atoms with Crippen molar-refractivity contribution < 1.29 is 4.79 Å². The van der Waals surface area contributed by atoms with E-state index >= 15 is 0 Å². The molecule has 0 aliphatic carbocycles. The van der Waals surface area contributed by atoms with E-state index in [9.17, 15) is 4.79 Å². The van der Waals surface area contributed by atoms with Crippen molar-refractivity contribution in [3.05, 3.63) is 0 Å². The molecule has 4 nitrogen and oxygen atoms in total. The van der Waals surface area contributed by atoms with E-state index in [0.29, 0.717) is 0 Å². The van der Waals surface area contributed by atoms with Crippen LogP contribution in [0, 0.1) is 5.92 Å². The van der Waals surface area contributed by atoms with Crippen molar-refractivity contribution in [2.24, 2.45) is 5.92 Å². The maximum atomic E-state index is 12.1. The van der Waals surface area contributed by atoms with Gasteiger partial charge in [0.1, 0.15) is 0 Å². The van der Waals surface area contributed by atoms with Crippen LogP contribution in [0.1, 0.15) is 26.7 Å². The van der Waals surface area contributed by atoms with Crippen LogP contribution in [0.2, 0.25) is 0 Å². The quantitative estimate of drug-likeness (QED) is 0.773. The van der Waals surface area contributed by atoms with Crippen LogP contribution in [-0.4, -0.2) is 62.0 Å². The summed E-state index contributed by atoms with van der Waals surface area (Å²) in [5, 5.41) is 3.29. The first-order valence-corrected chi connectivity index (χ1v) is 6.67. The zero-order valence-electron chi connectivity index (χ0n) is 11.7. The number of hydrogen-bond acceptors (Lipinski definition) is 3. The van der Waals surface area contributed by atoms with Crippen molar-refractivity contribution in [1.29, 1.82) is 0 Å². The minimum atomic E-state index is -0.0524. The highest BCUT2D eigenvalue weighted by atomic mass is 16.2. The van der Waals surface area contributed by atoms with Gasteiger partial charge in [0.2, 0.25) is 5.91 Å². The minimum Gasteiger partial charge on any atom is -0.341 e. The Balaban J connectivity index is 2.26. The molecule has 0 unspecified atom stereocenters. The van der Waals surface area contributed by atoms with Gasteiger partial charge in [-0.05, 0) is 39.8 Å². The molecule has 0 saturated carbocycles. The van der Waals surface area contributed by atoms with Crippen LogP contribution in [0.4, 0.5) is 0 Å². The molecule has 0 aromatic heterocycles. The topological polar surface area (TPSA) is 35.6 Å². The number of likely N-dealkylation sites (tertiary alicyclic amines) is 1. The molecule has 1 fully saturated rings. The molecule has 1 aliphatic rings. The number of likely N-dealkylation sites (N-methyl/N-ethyl adjacent to an activating group) is 1. The molecule has 1 saturated heterocycles. The molecular weight excluding hydrogens is 214 g/mol. The van der Waals surface area contributed by atoms with Crippen molar-refractivity contribution in [3.63, 3.8) is 0 Å². The molecule has 1 heterocycles. The molecule has 0 aromatic carbocycles. The first-order valence-electron chi connectivity index (χ1n) is 6.67. The Bertz CT molecular complexity index is 235. The summed E-state index contributed by atoms with van der Waals surface area (Å²) in [4.78, 5) is 16.3. The number of nitrogens with one attached hydrogen (secondary N) is 1. The van der Waals surface area contributed by atoms with Crippen molar-refractivity contribution >= 4 is 5.91 Å². The molecule has 100 valence electrons. The molecule has 1 atom stereocenters. The molecule has 1 N–H and O–H groups in total. The van der Waals surface area contributed by atoms with E-state index in [1.807, 2.05) is 25.9 Å². The van der Waals surface area contributed by atoms with E-state index in [0.717, 1.165) is 44.9 Å². The first-order chi connectivity index (χ1) is 8.00. The normalized spacial score (nSPS) is 19.7. The van der Waals surface area contributed by atoms with Crippen molar-refractivity contribution in [2.75, 3.05) is 40.3 Å². The number of hydrogen-bond donors (Lipinski definition) is 1. The van der Waals surface area contributed by atoms with Crippen LogP contribution < -0.4 is 5.32 Å². The number of amides is 1. The van der Waals surface area contributed by atoms with Crippen LogP contribution in [0.25, 0.3) is 0 Å². The van der Waals surface area contributed by atoms with E-state index in [-0.39, 0.29) is 11.9 Å². The van der Waals surface area contributed by atoms with Gasteiger partial charge >= 0.3 is 0 Å². The van der Waals surface area contributed by atoms with Crippen LogP contribution in [-0.2, 0) is 4.79 Å². The Labute approximate surface area is 105 Å². The van der Waals surface area contributed by atoms with Crippen molar-refractivity contribution in [1.82, 2.24) is 15.1 Å². The van der Waals surface area contributed by atoms with Crippen LogP contribution >= 0.6 is 0 Å². The van der Waals surface area contributed by atoms with E-state index in [2.05, 4.69) is 17.1 Å². The van der Waals surface area contributed by atoms with Crippen molar-refractivity contribution in [3.8, 4) is 0 Å². The fourth-order valence-corrected chi connectivity index (χ4v) is 2.09. The molecule has 4 heteroatoms. The predicted octanol–water partition coefficient (Wildman–Crippen LogP) is 0.785. The molecule has 0 bridgehead atoms. The van der Waals surface area contributed by atoms with Crippen LogP contribution in [0.5, 0.6) is 0 Å². The minimum absolute atomic E-state index is 0.0524. The van der Waals surface area contributed by atoms with Gasteiger partial charge in [-0.3, -0.25) is 4.79 Å². The fraction of sp³-hybridized carbons (Fsp3) is 0.923. The number of nitrogens with zero attached hydrogens (tertiary/aromatic N) is 2. The third-order valence-corrected chi connectivity index (χ3v) is 3.48. The van der Waals surface area contributed by atoms with E-state index in [1.165, 1.54) is 0 Å². The van der Waals surface area contributed by atoms with Gasteiger partial charge in [-0.1, -0.05) is 6.92 Å². The summed E-state index contributed by atoms with van der Waals surface area (Å²) in [5.74, 6) is 1.03. The summed E-state index contributed by atoms with van der Waals surface area (Å²) in [7, 11) is 4.08. The summed E-state index contributed by atoms with van der Waals surface area (Å²) in [6.07, 6.45) is 2.30. The van der Waals surface area contributed by atoms with Crippen LogP contribution in [0.15, 0.2) is 0 Å². The second kappa shape index (κ2) is 6.97. The number of rotatable bonds is 5. The van der Waals surface area contributed by atoms with E-state index < -0.39 is 0 Å². The van der Waals surface area contributed by atoms with Gasteiger partial charge in [-0.25, -0.2) is 0 Å². The highest BCUT2D eigenvalue weighted by Gasteiger charge is 2.23. The van der Waals surface area contributed by atoms with Gasteiger partial charge < -0.3 is 15.1 Å². The molecule has 0 spiro atoms. The Morgan fingerprint density at radius 3 is 2.53 bits per heavy atom. The Kier molecular flexibility index (Phi) is 5.92. The molecule has 17 heavy (non-hydrogen) atoms. The van der Waals surface area contributed by atoms with Gasteiger partial charge in [0.05, 0.1) is 6.04 Å². The van der Waals surface area contributed by atoms with Gasteiger partial charge in [-0.2, -0.15) is 0 Å². The molecular formula is C13H27N3O.